The van der Waals surface area contributed by atoms with E-state index in [0.717, 1.165) is 30.8 Å². The van der Waals surface area contributed by atoms with Crippen LogP contribution in [0.1, 0.15) is 45.9 Å². The fourth-order valence-electron chi connectivity index (χ4n) is 3.45. The molecule has 3 rings (SSSR count). The zero-order valence-corrected chi connectivity index (χ0v) is 19.7. The van der Waals surface area contributed by atoms with Crippen molar-refractivity contribution >= 4 is 42.1 Å². The number of aryl methyl sites for hydroxylation is 3. The van der Waals surface area contributed by atoms with Crippen LogP contribution in [0.25, 0.3) is 10.6 Å². The number of nitrogens with zero attached hydrogens (tertiary/aromatic N) is 3. The van der Waals surface area contributed by atoms with Gasteiger partial charge >= 0.3 is 0 Å². The number of amides is 1. The molecule has 7 nitrogen and oxygen atoms in total. The van der Waals surface area contributed by atoms with Crippen molar-refractivity contribution in [1.82, 2.24) is 25.4 Å². The summed E-state index contributed by atoms with van der Waals surface area (Å²) in [5, 5.41) is 11.2. The molecule has 29 heavy (non-hydrogen) atoms. The molecule has 0 radical (unpaired) electrons. The Bertz CT molecular complexity index is 907. The first kappa shape index (κ1) is 25.6. The van der Waals surface area contributed by atoms with Gasteiger partial charge in [-0.1, -0.05) is 0 Å². The quantitative estimate of drug-likeness (QED) is 0.714. The highest BCUT2D eigenvalue weighted by molar-refractivity contribution is 7.17. The van der Waals surface area contributed by atoms with Crippen molar-refractivity contribution in [3.63, 3.8) is 0 Å². The van der Waals surface area contributed by atoms with Crippen molar-refractivity contribution in [2.45, 2.75) is 40.0 Å². The standard InChI is InChI=1S/C19H27N5O2S.2ClH/c1-11-12(2)23-24(4)19(26)15(11)18-22-13(3)16(27-18)17(25)21-9-7-14-6-5-8-20-10-14;;/h14,20H,5-10H2,1-4H3,(H,21,25);2*1H. The molecular weight excluding hydrogens is 433 g/mol. The third-order valence-electron chi connectivity index (χ3n) is 5.18. The molecule has 3 heterocycles. The van der Waals surface area contributed by atoms with Crippen molar-refractivity contribution < 1.29 is 4.79 Å². The van der Waals surface area contributed by atoms with Gasteiger partial charge in [0.15, 0.2) is 0 Å². The number of rotatable bonds is 5. The monoisotopic (exact) mass is 461 g/mol. The molecule has 2 N–H and O–H groups in total. The molecular formula is C19H29Cl2N5O2S. The third kappa shape index (κ3) is 5.78. The Kier molecular flexibility index (Phi) is 9.75. The van der Waals surface area contributed by atoms with Crippen molar-refractivity contribution in [2.75, 3.05) is 19.6 Å². The second-order valence-corrected chi connectivity index (χ2v) is 8.20. The summed E-state index contributed by atoms with van der Waals surface area (Å²) in [7, 11) is 1.63. The highest BCUT2D eigenvalue weighted by atomic mass is 35.5. The molecule has 1 aliphatic rings. The average molecular weight is 462 g/mol. The van der Waals surface area contributed by atoms with Gasteiger partial charge in [0, 0.05) is 13.6 Å². The minimum atomic E-state index is -0.191. The molecule has 0 aliphatic carbocycles. The first-order valence-electron chi connectivity index (χ1n) is 9.39. The van der Waals surface area contributed by atoms with Crippen molar-refractivity contribution in [2.24, 2.45) is 13.0 Å². The number of nitrogens with one attached hydrogen (secondary N) is 2. The van der Waals surface area contributed by atoms with Crippen molar-refractivity contribution in [1.29, 1.82) is 0 Å². The molecule has 0 saturated carbocycles. The van der Waals surface area contributed by atoms with Crippen LogP contribution < -0.4 is 16.2 Å². The lowest BCUT2D eigenvalue weighted by Gasteiger charge is -2.22. The van der Waals surface area contributed by atoms with E-state index < -0.39 is 0 Å². The molecule has 1 amide bonds. The zero-order chi connectivity index (χ0) is 19.6. The summed E-state index contributed by atoms with van der Waals surface area (Å²) >= 11 is 1.28. The van der Waals surface area contributed by atoms with Crippen molar-refractivity contribution in [3.8, 4) is 10.6 Å². The van der Waals surface area contributed by atoms with E-state index >= 15 is 0 Å². The fourth-order valence-corrected chi connectivity index (χ4v) is 4.53. The normalized spacial score (nSPS) is 15.9. The van der Waals surface area contributed by atoms with E-state index in [2.05, 4.69) is 20.7 Å². The van der Waals surface area contributed by atoms with Crippen LogP contribution in [-0.4, -0.2) is 40.3 Å². The van der Waals surface area contributed by atoms with Gasteiger partial charge in [-0.2, -0.15) is 5.10 Å². The summed E-state index contributed by atoms with van der Waals surface area (Å²) in [6.45, 7) is 8.34. The Morgan fingerprint density at radius 2 is 2.00 bits per heavy atom. The van der Waals surface area contributed by atoms with E-state index in [1.54, 1.807) is 7.05 Å². The Balaban J connectivity index is 0.00000210. The third-order valence-corrected chi connectivity index (χ3v) is 6.35. The van der Waals surface area contributed by atoms with Crippen LogP contribution in [0, 0.1) is 26.7 Å². The number of carbonyl (C=O) groups is 1. The fraction of sp³-hybridized carbons (Fsp3) is 0.579. The van der Waals surface area contributed by atoms with E-state index in [0.29, 0.717) is 33.6 Å². The van der Waals surface area contributed by atoms with Gasteiger partial charge in [-0.3, -0.25) is 9.59 Å². The number of piperidine rings is 1. The topological polar surface area (TPSA) is 88.9 Å². The van der Waals surface area contributed by atoms with E-state index in [4.69, 9.17) is 0 Å². The van der Waals surface area contributed by atoms with Gasteiger partial charge < -0.3 is 10.6 Å². The van der Waals surface area contributed by atoms with E-state index in [1.807, 2.05) is 20.8 Å². The Morgan fingerprint density at radius 1 is 1.28 bits per heavy atom. The predicted molar refractivity (Wildman–Crippen MR) is 122 cm³/mol. The number of carbonyl (C=O) groups excluding carboxylic acids is 1. The van der Waals surface area contributed by atoms with Gasteiger partial charge in [0.2, 0.25) is 0 Å². The van der Waals surface area contributed by atoms with Gasteiger partial charge in [-0.25, -0.2) is 9.67 Å². The summed E-state index contributed by atoms with van der Waals surface area (Å²) in [4.78, 5) is 30.2. The number of thiazole rings is 1. The van der Waals surface area contributed by atoms with Gasteiger partial charge in [0.1, 0.15) is 9.88 Å². The van der Waals surface area contributed by atoms with Crippen molar-refractivity contribution in [3.05, 3.63) is 32.2 Å². The first-order chi connectivity index (χ1) is 12.9. The molecule has 1 fully saturated rings. The maximum Gasteiger partial charge on any atom is 0.277 e. The largest absolute Gasteiger partial charge is 0.351 e. The second kappa shape index (κ2) is 11.1. The van der Waals surface area contributed by atoms with E-state index in [9.17, 15) is 9.59 Å². The molecule has 1 aliphatic heterocycles. The van der Waals surface area contributed by atoms with Crippen LogP contribution in [-0.2, 0) is 7.05 Å². The lowest BCUT2D eigenvalue weighted by Crippen LogP contribution is -2.33. The molecule has 1 atom stereocenters. The molecule has 0 bridgehead atoms. The lowest BCUT2D eigenvalue weighted by molar-refractivity contribution is 0.0954. The SMILES string of the molecule is Cc1nc(-c2c(C)c(C)nn(C)c2=O)sc1C(=O)NCCC1CCCNC1.Cl.Cl. The average Bonchev–Trinajstić information content (AvgIpc) is 3.02. The molecule has 2 aromatic heterocycles. The van der Waals surface area contributed by atoms with E-state index in [-0.39, 0.29) is 36.3 Å². The summed E-state index contributed by atoms with van der Waals surface area (Å²) in [6, 6.07) is 0. The maximum atomic E-state index is 12.6. The maximum absolute atomic E-state index is 12.6. The molecule has 1 unspecified atom stereocenters. The summed E-state index contributed by atoms with van der Waals surface area (Å²) in [6.07, 6.45) is 3.40. The first-order valence-corrected chi connectivity index (χ1v) is 10.2. The summed E-state index contributed by atoms with van der Waals surface area (Å²) in [5.41, 5.74) is 2.59. The van der Waals surface area contributed by atoms with Crippen LogP contribution in [0.15, 0.2) is 4.79 Å². The van der Waals surface area contributed by atoms with Crippen LogP contribution in [0.4, 0.5) is 0 Å². The van der Waals surface area contributed by atoms with Crippen LogP contribution in [0.3, 0.4) is 0 Å². The Labute approximate surface area is 187 Å². The predicted octanol–water partition coefficient (Wildman–Crippen LogP) is 2.79. The van der Waals surface area contributed by atoms with Crippen LogP contribution >= 0.6 is 36.2 Å². The highest BCUT2D eigenvalue weighted by Crippen LogP contribution is 2.28. The van der Waals surface area contributed by atoms with Gasteiger partial charge in [0.25, 0.3) is 11.5 Å². The zero-order valence-electron chi connectivity index (χ0n) is 17.2. The van der Waals surface area contributed by atoms with E-state index in [1.165, 1.54) is 28.9 Å². The molecule has 162 valence electrons. The molecule has 0 aromatic carbocycles. The summed E-state index contributed by atoms with van der Waals surface area (Å²) < 4.78 is 1.33. The van der Waals surface area contributed by atoms with Gasteiger partial charge in [0.05, 0.1) is 17.0 Å². The van der Waals surface area contributed by atoms with Gasteiger partial charge in [-0.15, -0.1) is 36.2 Å². The Hall–Kier alpha value is -1.48. The molecule has 10 heteroatoms. The molecule has 1 saturated heterocycles. The number of hydrogen-bond donors (Lipinski definition) is 2. The Morgan fingerprint density at radius 3 is 2.66 bits per heavy atom. The molecule has 2 aromatic rings. The molecule has 0 spiro atoms. The number of halogens is 2. The smallest absolute Gasteiger partial charge is 0.277 e. The number of hydrogen-bond acceptors (Lipinski definition) is 6. The van der Waals surface area contributed by atoms with Crippen LogP contribution in [0.5, 0.6) is 0 Å². The number of aromatic nitrogens is 3. The van der Waals surface area contributed by atoms with Gasteiger partial charge in [-0.05, 0) is 64.6 Å². The van der Waals surface area contributed by atoms with Crippen LogP contribution in [0.2, 0.25) is 0 Å². The lowest BCUT2D eigenvalue weighted by atomic mass is 9.96. The summed E-state index contributed by atoms with van der Waals surface area (Å²) in [5.74, 6) is 0.517. The minimum absolute atomic E-state index is 0. The highest BCUT2D eigenvalue weighted by Gasteiger charge is 2.21. The second-order valence-electron chi connectivity index (χ2n) is 7.20. The minimum Gasteiger partial charge on any atom is -0.351 e.